The Bertz CT molecular complexity index is 387. The Hall–Kier alpha value is -1.13. The van der Waals surface area contributed by atoms with Crippen LogP contribution in [0.3, 0.4) is 0 Å². The fourth-order valence-corrected chi connectivity index (χ4v) is 2.70. The summed E-state index contributed by atoms with van der Waals surface area (Å²) >= 11 is 0. The fourth-order valence-electron chi connectivity index (χ4n) is 2.70. The highest BCUT2D eigenvalue weighted by Gasteiger charge is 2.20. The van der Waals surface area contributed by atoms with E-state index in [1.54, 1.807) is 13.3 Å². The van der Waals surface area contributed by atoms with Crippen LogP contribution in [0.4, 0.5) is 0 Å². The van der Waals surface area contributed by atoms with Gasteiger partial charge in [-0.05, 0) is 32.0 Å². The molecule has 4 heteroatoms. The molecule has 19 heavy (non-hydrogen) atoms. The molecule has 0 unspecified atom stereocenters. The van der Waals surface area contributed by atoms with E-state index in [9.17, 15) is 0 Å². The monoisotopic (exact) mass is 263 g/mol. The van der Waals surface area contributed by atoms with Gasteiger partial charge in [-0.25, -0.2) is 0 Å². The van der Waals surface area contributed by atoms with Crippen LogP contribution in [0.1, 0.15) is 32.3 Å². The van der Waals surface area contributed by atoms with E-state index in [1.807, 2.05) is 12.3 Å². The number of aromatic nitrogens is 1. The lowest BCUT2D eigenvalue weighted by Gasteiger charge is -2.33. The molecule has 2 rings (SSSR count). The molecule has 2 heterocycles. The second-order valence-corrected chi connectivity index (χ2v) is 5.56. The maximum atomic E-state index is 5.38. The van der Waals surface area contributed by atoms with Gasteiger partial charge in [0.2, 0.25) is 0 Å². The van der Waals surface area contributed by atoms with Crippen LogP contribution in [0, 0.1) is 0 Å². The van der Waals surface area contributed by atoms with Crippen molar-refractivity contribution in [2.24, 2.45) is 0 Å². The van der Waals surface area contributed by atoms with Crippen molar-refractivity contribution < 1.29 is 4.74 Å². The topological polar surface area (TPSA) is 37.4 Å². The summed E-state index contributed by atoms with van der Waals surface area (Å²) in [6, 6.07) is 3.18. The maximum absolute atomic E-state index is 5.38. The van der Waals surface area contributed by atoms with Gasteiger partial charge in [0.25, 0.3) is 0 Å². The number of nitrogens with zero attached hydrogens (tertiary/aromatic N) is 2. The molecule has 0 aliphatic carbocycles. The van der Waals surface area contributed by atoms with Crippen molar-refractivity contribution in [1.82, 2.24) is 15.2 Å². The second-order valence-electron chi connectivity index (χ2n) is 5.56. The lowest BCUT2D eigenvalue weighted by Crippen LogP contribution is -2.44. The number of hydrogen-bond donors (Lipinski definition) is 1. The van der Waals surface area contributed by atoms with E-state index in [-0.39, 0.29) is 0 Å². The third-order valence-electron chi connectivity index (χ3n) is 3.63. The molecule has 1 saturated heterocycles. The molecule has 0 atom stereocenters. The van der Waals surface area contributed by atoms with Gasteiger partial charge in [0.05, 0.1) is 7.11 Å². The molecule has 0 bridgehead atoms. The van der Waals surface area contributed by atoms with Gasteiger partial charge in [-0.3, -0.25) is 9.88 Å². The summed E-state index contributed by atoms with van der Waals surface area (Å²) in [6.07, 6.45) is 6.14. The Balaban J connectivity index is 1.85. The summed E-state index contributed by atoms with van der Waals surface area (Å²) in [5.74, 6) is 0.942. The number of ether oxygens (including phenoxy) is 1. The third-order valence-corrected chi connectivity index (χ3v) is 3.63. The molecule has 1 fully saturated rings. The lowest BCUT2D eigenvalue weighted by molar-refractivity contribution is 0.184. The summed E-state index contributed by atoms with van der Waals surface area (Å²) in [5.41, 5.74) is 1.18. The largest absolute Gasteiger partial charge is 0.496 e. The Kier molecular flexibility index (Phi) is 5.16. The predicted molar refractivity (Wildman–Crippen MR) is 77.4 cm³/mol. The van der Waals surface area contributed by atoms with E-state index in [2.05, 4.69) is 29.0 Å². The smallest absolute Gasteiger partial charge is 0.126 e. The normalized spacial score (nSPS) is 17.9. The number of piperidine rings is 1. The number of methoxy groups -OCH3 is 1. The van der Waals surface area contributed by atoms with E-state index < -0.39 is 0 Å². The first-order chi connectivity index (χ1) is 9.19. The summed E-state index contributed by atoms with van der Waals surface area (Å²) in [7, 11) is 1.72. The summed E-state index contributed by atoms with van der Waals surface area (Å²) < 4.78 is 5.38. The Morgan fingerprint density at radius 2 is 2.16 bits per heavy atom. The van der Waals surface area contributed by atoms with E-state index in [0.29, 0.717) is 12.1 Å². The van der Waals surface area contributed by atoms with Gasteiger partial charge < -0.3 is 10.1 Å². The first-order valence-electron chi connectivity index (χ1n) is 7.14. The number of nitrogens with one attached hydrogen (secondary N) is 1. The highest BCUT2D eigenvalue weighted by Crippen LogP contribution is 2.20. The molecule has 1 N–H and O–H groups in total. The van der Waals surface area contributed by atoms with Gasteiger partial charge in [0.1, 0.15) is 5.75 Å². The van der Waals surface area contributed by atoms with Crippen molar-refractivity contribution in [1.29, 1.82) is 0 Å². The van der Waals surface area contributed by atoms with Crippen LogP contribution in [-0.2, 0) is 6.54 Å². The molecule has 0 aromatic carbocycles. The van der Waals surface area contributed by atoms with Crippen molar-refractivity contribution in [3.05, 3.63) is 24.0 Å². The van der Waals surface area contributed by atoms with Gasteiger partial charge in [-0.1, -0.05) is 13.8 Å². The Morgan fingerprint density at radius 3 is 2.79 bits per heavy atom. The van der Waals surface area contributed by atoms with Gasteiger partial charge >= 0.3 is 0 Å². The zero-order valence-electron chi connectivity index (χ0n) is 12.2. The van der Waals surface area contributed by atoms with E-state index in [0.717, 1.165) is 25.4 Å². The molecule has 106 valence electrons. The molecule has 0 radical (unpaired) electrons. The average Bonchev–Trinajstić information content (AvgIpc) is 2.41. The van der Waals surface area contributed by atoms with Crippen molar-refractivity contribution in [3.8, 4) is 5.75 Å². The van der Waals surface area contributed by atoms with Gasteiger partial charge in [-0.2, -0.15) is 0 Å². The van der Waals surface area contributed by atoms with E-state index in [4.69, 9.17) is 4.74 Å². The van der Waals surface area contributed by atoms with Crippen LogP contribution >= 0.6 is 0 Å². The van der Waals surface area contributed by atoms with E-state index in [1.165, 1.54) is 18.4 Å². The van der Waals surface area contributed by atoms with Gasteiger partial charge in [-0.15, -0.1) is 0 Å². The first-order valence-corrected chi connectivity index (χ1v) is 7.14. The van der Waals surface area contributed by atoms with Crippen LogP contribution in [0.2, 0.25) is 0 Å². The summed E-state index contributed by atoms with van der Waals surface area (Å²) in [4.78, 5) is 6.68. The Labute approximate surface area is 116 Å². The molecule has 0 saturated carbocycles. The van der Waals surface area contributed by atoms with Crippen LogP contribution in [0.15, 0.2) is 18.5 Å². The quantitative estimate of drug-likeness (QED) is 0.882. The Morgan fingerprint density at radius 1 is 1.42 bits per heavy atom. The van der Waals surface area contributed by atoms with Crippen molar-refractivity contribution in [3.63, 3.8) is 0 Å². The number of likely N-dealkylation sites (tertiary alicyclic amines) is 1. The minimum atomic E-state index is 0.579. The van der Waals surface area contributed by atoms with Crippen LogP contribution in [0.25, 0.3) is 0 Å². The van der Waals surface area contributed by atoms with Crippen LogP contribution in [-0.4, -0.2) is 42.2 Å². The molecule has 1 aliphatic heterocycles. The molecular formula is C15H25N3O. The molecule has 1 aromatic rings. The number of pyridine rings is 1. The zero-order valence-corrected chi connectivity index (χ0v) is 12.2. The van der Waals surface area contributed by atoms with E-state index >= 15 is 0 Å². The van der Waals surface area contributed by atoms with Gasteiger partial charge in [0.15, 0.2) is 0 Å². The fraction of sp³-hybridized carbons (Fsp3) is 0.667. The van der Waals surface area contributed by atoms with Gasteiger partial charge in [0, 0.05) is 36.6 Å². The predicted octanol–water partition coefficient (Wildman–Crippen LogP) is 2.05. The minimum Gasteiger partial charge on any atom is -0.496 e. The summed E-state index contributed by atoms with van der Waals surface area (Å²) in [5, 5.41) is 3.62. The second kappa shape index (κ2) is 6.87. The third kappa shape index (κ3) is 4.18. The zero-order chi connectivity index (χ0) is 13.7. The van der Waals surface area contributed by atoms with Crippen LogP contribution in [0.5, 0.6) is 5.75 Å². The maximum Gasteiger partial charge on any atom is 0.126 e. The molecule has 4 nitrogen and oxygen atoms in total. The highest BCUT2D eigenvalue weighted by atomic mass is 16.5. The van der Waals surface area contributed by atoms with Crippen molar-refractivity contribution in [2.75, 3.05) is 20.2 Å². The molecule has 0 spiro atoms. The molecule has 0 amide bonds. The summed E-state index contributed by atoms with van der Waals surface area (Å²) in [6.45, 7) is 7.65. The molecular weight excluding hydrogens is 238 g/mol. The number of rotatable bonds is 5. The lowest BCUT2D eigenvalue weighted by atomic mass is 10.0. The highest BCUT2D eigenvalue weighted by molar-refractivity contribution is 5.29. The van der Waals surface area contributed by atoms with Crippen molar-refractivity contribution >= 4 is 0 Å². The standard InChI is InChI=1S/C15H25N3O/c1-12(2)17-14-5-8-18(9-6-14)11-13-10-16-7-4-15(13)19-3/h4,7,10,12,14,17H,5-6,8-9,11H2,1-3H3. The molecule has 1 aromatic heterocycles. The number of hydrogen-bond acceptors (Lipinski definition) is 4. The van der Waals surface area contributed by atoms with Crippen LogP contribution < -0.4 is 10.1 Å². The molecule has 1 aliphatic rings. The first kappa shape index (κ1) is 14.3. The minimum absolute atomic E-state index is 0.579. The van der Waals surface area contributed by atoms with Crippen molar-refractivity contribution in [2.45, 2.75) is 45.3 Å². The SMILES string of the molecule is COc1ccncc1CN1CCC(NC(C)C)CC1. The average molecular weight is 263 g/mol.